The Morgan fingerprint density at radius 3 is 2.68 bits per heavy atom. The first kappa shape index (κ1) is 21.9. The van der Waals surface area contributed by atoms with Crippen molar-refractivity contribution >= 4 is 22.7 Å². The molecule has 34 heavy (non-hydrogen) atoms. The monoisotopic (exact) mass is 454 g/mol. The topological polar surface area (TPSA) is 72.6 Å². The minimum atomic E-state index is -0.675. The van der Waals surface area contributed by atoms with E-state index in [4.69, 9.17) is 9.15 Å². The zero-order valence-corrected chi connectivity index (χ0v) is 19.4. The van der Waals surface area contributed by atoms with Crippen molar-refractivity contribution in [1.82, 2.24) is 4.98 Å². The van der Waals surface area contributed by atoms with Crippen LogP contribution >= 0.6 is 0 Å². The SMILES string of the molecule is Cc1cccnc1N1C(=O)c2oc3ccccc3c(=O)c2C1c1cccc(OCCC(C)C)c1. The standard InChI is InChI=1S/C28H26N2O4/c1-17(2)13-15-33-20-10-6-9-19(16-20)24-23-25(31)21-11-4-5-12-22(21)34-26(23)28(32)30(24)27-18(3)8-7-14-29-27/h4-12,14,16-17,24H,13,15H2,1-3H3. The first-order valence-corrected chi connectivity index (χ1v) is 11.5. The van der Waals surface area contributed by atoms with E-state index in [2.05, 4.69) is 18.8 Å². The average Bonchev–Trinajstić information content (AvgIpc) is 3.12. The molecule has 6 nitrogen and oxygen atoms in total. The number of aromatic nitrogens is 1. The normalized spacial score (nSPS) is 15.2. The van der Waals surface area contributed by atoms with Crippen LogP contribution in [0.1, 0.15) is 53.6 Å². The Hall–Kier alpha value is -3.93. The van der Waals surface area contributed by atoms with Gasteiger partial charge in [-0.25, -0.2) is 4.98 Å². The van der Waals surface area contributed by atoms with E-state index in [-0.39, 0.29) is 17.1 Å². The van der Waals surface area contributed by atoms with Crippen LogP contribution in [0.4, 0.5) is 5.82 Å². The van der Waals surface area contributed by atoms with E-state index in [0.29, 0.717) is 40.6 Å². The predicted molar refractivity (Wildman–Crippen MR) is 132 cm³/mol. The Labute approximate surface area is 197 Å². The van der Waals surface area contributed by atoms with Gasteiger partial charge >= 0.3 is 0 Å². The highest BCUT2D eigenvalue weighted by molar-refractivity contribution is 6.10. The zero-order valence-electron chi connectivity index (χ0n) is 19.4. The summed E-state index contributed by atoms with van der Waals surface area (Å²) < 4.78 is 12.0. The number of carbonyl (C=O) groups is 1. The molecule has 2 aromatic carbocycles. The average molecular weight is 455 g/mol. The number of pyridine rings is 1. The van der Waals surface area contributed by atoms with Crippen molar-refractivity contribution in [3.05, 3.63) is 99.5 Å². The summed E-state index contributed by atoms with van der Waals surface area (Å²) in [5.74, 6) is 1.41. The van der Waals surface area contributed by atoms with E-state index in [1.54, 1.807) is 35.4 Å². The summed E-state index contributed by atoms with van der Waals surface area (Å²) >= 11 is 0. The van der Waals surface area contributed by atoms with Gasteiger partial charge in [-0.3, -0.25) is 14.5 Å². The van der Waals surface area contributed by atoms with Crippen LogP contribution in [0.3, 0.4) is 0 Å². The van der Waals surface area contributed by atoms with Crippen molar-refractivity contribution < 1.29 is 13.9 Å². The molecule has 0 spiro atoms. The minimum absolute atomic E-state index is 0.0601. The fourth-order valence-electron chi connectivity index (χ4n) is 4.37. The zero-order chi connectivity index (χ0) is 23.8. The molecular weight excluding hydrogens is 428 g/mol. The van der Waals surface area contributed by atoms with Gasteiger partial charge < -0.3 is 9.15 Å². The number of para-hydroxylation sites is 1. The van der Waals surface area contributed by atoms with Crippen molar-refractivity contribution in [3.63, 3.8) is 0 Å². The second kappa shape index (κ2) is 8.78. The largest absolute Gasteiger partial charge is 0.494 e. The summed E-state index contributed by atoms with van der Waals surface area (Å²) in [7, 11) is 0. The molecule has 3 heterocycles. The number of carbonyl (C=O) groups excluding carboxylic acids is 1. The number of benzene rings is 2. The first-order chi connectivity index (χ1) is 16.5. The highest BCUT2D eigenvalue weighted by atomic mass is 16.5. The van der Waals surface area contributed by atoms with Gasteiger partial charge in [0.25, 0.3) is 5.91 Å². The maximum absolute atomic E-state index is 13.7. The minimum Gasteiger partial charge on any atom is -0.494 e. The van der Waals surface area contributed by atoms with Crippen LogP contribution in [0.15, 0.2) is 76.1 Å². The number of hydrogen-bond acceptors (Lipinski definition) is 5. The van der Waals surface area contributed by atoms with Gasteiger partial charge in [0.15, 0.2) is 5.43 Å². The number of nitrogens with zero attached hydrogens (tertiary/aromatic N) is 2. The fraction of sp³-hybridized carbons (Fsp3) is 0.250. The number of fused-ring (bicyclic) bond motifs is 2. The molecule has 1 atom stereocenters. The molecule has 0 aliphatic carbocycles. The van der Waals surface area contributed by atoms with E-state index in [9.17, 15) is 9.59 Å². The summed E-state index contributed by atoms with van der Waals surface area (Å²) in [5, 5.41) is 0.447. The van der Waals surface area contributed by atoms with Gasteiger partial charge in [0.1, 0.15) is 17.2 Å². The van der Waals surface area contributed by atoms with Crippen LogP contribution in [0.2, 0.25) is 0 Å². The lowest BCUT2D eigenvalue weighted by Gasteiger charge is -2.25. The molecular formula is C28H26N2O4. The van der Waals surface area contributed by atoms with Crippen LogP contribution < -0.4 is 15.1 Å². The van der Waals surface area contributed by atoms with E-state index < -0.39 is 6.04 Å². The summed E-state index contributed by atoms with van der Waals surface area (Å²) in [6, 6.07) is 17.6. The Morgan fingerprint density at radius 2 is 1.88 bits per heavy atom. The number of amides is 1. The molecule has 0 fully saturated rings. The van der Waals surface area contributed by atoms with Crippen LogP contribution in [0.5, 0.6) is 5.75 Å². The van der Waals surface area contributed by atoms with Crippen molar-refractivity contribution in [1.29, 1.82) is 0 Å². The van der Waals surface area contributed by atoms with Gasteiger partial charge in [-0.15, -0.1) is 0 Å². The number of ether oxygens (including phenoxy) is 1. The second-order valence-electron chi connectivity index (χ2n) is 9.00. The molecule has 0 radical (unpaired) electrons. The quantitative estimate of drug-likeness (QED) is 0.375. The molecule has 6 heteroatoms. The lowest BCUT2D eigenvalue weighted by Crippen LogP contribution is -2.31. The Morgan fingerprint density at radius 1 is 1.06 bits per heavy atom. The van der Waals surface area contributed by atoms with Gasteiger partial charge in [0.05, 0.1) is 23.6 Å². The highest BCUT2D eigenvalue weighted by Crippen LogP contribution is 2.42. The van der Waals surface area contributed by atoms with Crippen molar-refractivity contribution in [2.24, 2.45) is 5.92 Å². The molecule has 1 amide bonds. The third-order valence-corrected chi connectivity index (χ3v) is 6.13. The maximum Gasteiger partial charge on any atom is 0.296 e. The smallest absolute Gasteiger partial charge is 0.296 e. The number of aryl methyl sites for hydroxylation is 1. The number of rotatable bonds is 6. The molecule has 1 aliphatic rings. The molecule has 5 rings (SSSR count). The third-order valence-electron chi connectivity index (χ3n) is 6.13. The number of hydrogen-bond donors (Lipinski definition) is 0. The van der Waals surface area contributed by atoms with Crippen molar-refractivity contribution in [2.45, 2.75) is 33.2 Å². The van der Waals surface area contributed by atoms with Gasteiger partial charge in [0, 0.05) is 6.20 Å². The summed E-state index contributed by atoms with van der Waals surface area (Å²) in [6.07, 6.45) is 2.58. The highest BCUT2D eigenvalue weighted by Gasteiger charge is 2.44. The van der Waals surface area contributed by atoms with E-state index in [0.717, 1.165) is 17.5 Å². The van der Waals surface area contributed by atoms with Crippen molar-refractivity contribution in [3.8, 4) is 5.75 Å². The Bertz CT molecular complexity index is 1440. The molecule has 2 aromatic heterocycles. The Balaban J connectivity index is 1.69. The molecule has 4 aromatic rings. The second-order valence-corrected chi connectivity index (χ2v) is 9.00. The summed E-state index contributed by atoms with van der Waals surface area (Å²) in [5.41, 5.74) is 2.10. The third kappa shape index (κ3) is 3.75. The fourth-order valence-corrected chi connectivity index (χ4v) is 4.37. The van der Waals surface area contributed by atoms with Crippen LogP contribution in [0.25, 0.3) is 11.0 Å². The summed E-state index contributed by atoms with van der Waals surface area (Å²) in [4.78, 5) is 33.4. The van der Waals surface area contributed by atoms with Gasteiger partial charge in [-0.2, -0.15) is 0 Å². The predicted octanol–water partition coefficient (Wildman–Crippen LogP) is 5.67. The summed E-state index contributed by atoms with van der Waals surface area (Å²) in [6.45, 7) is 6.79. The van der Waals surface area contributed by atoms with Gasteiger partial charge in [-0.1, -0.05) is 44.2 Å². The van der Waals surface area contributed by atoms with Crippen LogP contribution in [0, 0.1) is 12.8 Å². The molecule has 0 saturated carbocycles. The van der Waals surface area contributed by atoms with Crippen LogP contribution in [-0.2, 0) is 0 Å². The molecule has 172 valence electrons. The van der Waals surface area contributed by atoms with Gasteiger partial charge in [-0.05, 0) is 60.7 Å². The number of anilines is 1. The van der Waals surface area contributed by atoms with Crippen molar-refractivity contribution in [2.75, 3.05) is 11.5 Å². The van der Waals surface area contributed by atoms with E-state index >= 15 is 0 Å². The lowest BCUT2D eigenvalue weighted by atomic mass is 9.98. The molecule has 0 N–H and O–H groups in total. The Kier molecular flexibility index (Phi) is 5.65. The molecule has 1 aliphatic heterocycles. The first-order valence-electron chi connectivity index (χ1n) is 11.5. The van der Waals surface area contributed by atoms with Gasteiger partial charge in [0.2, 0.25) is 5.76 Å². The van der Waals surface area contributed by atoms with Crippen LogP contribution in [-0.4, -0.2) is 17.5 Å². The molecule has 1 unspecified atom stereocenters. The molecule has 0 saturated heterocycles. The van der Waals surface area contributed by atoms with E-state index in [1.165, 1.54) is 0 Å². The maximum atomic E-state index is 13.7. The lowest BCUT2D eigenvalue weighted by molar-refractivity contribution is 0.0970. The molecule has 0 bridgehead atoms. The van der Waals surface area contributed by atoms with E-state index in [1.807, 2.05) is 43.3 Å².